The Labute approximate surface area is 141 Å². The molecule has 0 atom stereocenters. The average Bonchev–Trinajstić information content (AvgIpc) is 2.83. The van der Waals surface area contributed by atoms with Gasteiger partial charge in [-0.25, -0.2) is 14.4 Å². The van der Waals surface area contributed by atoms with Crippen molar-refractivity contribution in [3.8, 4) is 0 Å². The first kappa shape index (κ1) is 16.2. The lowest BCUT2D eigenvalue weighted by atomic mass is 9.61. The fraction of sp³-hybridized carbons (Fsp3) is 0.765. The molecule has 3 heterocycles. The predicted molar refractivity (Wildman–Crippen MR) is 87.6 cm³/mol. The Hall–Kier alpha value is -1.31. The lowest BCUT2D eigenvalue weighted by Gasteiger charge is -2.47. The van der Waals surface area contributed by atoms with Crippen molar-refractivity contribution in [3.63, 3.8) is 0 Å². The van der Waals surface area contributed by atoms with Crippen molar-refractivity contribution in [2.45, 2.75) is 19.3 Å². The molecule has 0 aromatic carbocycles. The molecule has 2 aliphatic heterocycles. The van der Waals surface area contributed by atoms with Crippen molar-refractivity contribution in [2.24, 2.45) is 11.3 Å². The van der Waals surface area contributed by atoms with Gasteiger partial charge in [-0.1, -0.05) is 0 Å². The average molecular weight is 336 g/mol. The monoisotopic (exact) mass is 336 g/mol. The molecule has 1 aliphatic carbocycles. The Balaban J connectivity index is 1.39. The predicted octanol–water partition coefficient (Wildman–Crippen LogP) is 1.01. The van der Waals surface area contributed by atoms with E-state index in [1.54, 1.807) is 0 Å². The zero-order chi connectivity index (χ0) is 16.4. The van der Waals surface area contributed by atoms with Crippen LogP contribution in [0.3, 0.4) is 0 Å². The van der Waals surface area contributed by atoms with E-state index < -0.39 is 0 Å². The maximum atomic E-state index is 14.2. The van der Waals surface area contributed by atoms with Gasteiger partial charge in [-0.3, -0.25) is 0 Å². The van der Waals surface area contributed by atoms with Gasteiger partial charge >= 0.3 is 0 Å². The highest BCUT2D eigenvalue weighted by Gasteiger charge is 2.45. The highest BCUT2D eigenvalue weighted by molar-refractivity contribution is 5.31. The zero-order valence-electron chi connectivity index (χ0n) is 14.0. The van der Waals surface area contributed by atoms with Crippen LogP contribution in [0.25, 0.3) is 0 Å². The molecule has 3 aliphatic rings. The quantitative estimate of drug-likeness (QED) is 0.889. The molecule has 132 valence electrons. The first-order chi connectivity index (χ1) is 11.7. The molecule has 0 radical (unpaired) electrons. The summed E-state index contributed by atoms with van der Waals surface area (Å²) >= 11 is 0. The van der Waals surface area contributed by atoms with Gasteiger partial charge in [0.25, 0.3) is 0 Å². The summed E-state index contributed by atoms with van der Waals surface area (Å²) in [6.07, 6.45) is 4.16. The van der Waals surface area contributed by atoms with Gasteiger partial charge in [0.2, 0.25) is 5.95 Å². The van der Waals surface area contributed by atoms with Crippen LogP contribution in [0, 0.1) is 17.2 Å². The summed E-state index contributed by atoms with van der Waals surface area (Å²) in [6, 6.07) is 0. The molecule has 2 saturated heterocycles. The third-order valence-corrected chi connectivity index (χ3v) is 5.35. The normalized spacial score (nSPS) is 30.9. The number of nitrogens with one attached hydrogen (secondary N) is 1. The number of ether oxygens (including phenoxy) is 2. The van der Waals surface area contributed by atoms with Gasteiger partial charge in [0.05, 0.1) is 38.3 Å². The zero-order valence-corrected chi connectivity index (χ0v) is 14.0. The van der Waals surface area contributed by atoms with Gasteiger partial charge in [-0.2, -0.15) is 0 Å². The molecule has 1 aromatic rings. The van der Waals surface area contributed by atoms with Crippen molar-refractivity contribution in [2.75, 3.05) is 57.5 Å². The maximum absolute atomic E-state index is 14.2. The summed E-state index contributed by atoms with van der Waals surface area (Å²) in [5, 5.41) is 3.44. The number of halogens is 1. The molecule has 1 aromatic heterocycles. The minimum absolute atomic E-state index is 0.248. The number of rotatable bonds is 3. The van der Waals surface area contributed by atoms with E-state index in [1.807, 2.05) is 0 Å². The highest BCUT2D eigenvalue weighted by Crippen LogP contribution is 2.47. The molecule has 3 fully saturated rings. The Morgan fingerprint density at radius 3 is 2.92 bits per heavy atom. The van der Waals surface area contributed by atoms with Crippen LogP contribution < -0.4 is 10.2 Å². The molecule has 1 spiro atoms. The van der Waals surface area contributed by atoms with Crippen LogP contribution in [0.4, 0.5) is 10.3 Å². The molecule has 0 unspecified atom stereocenters. The molecule has 24 heavy (non-hydrogen) atoms. The van der Waals surface area contributed by atoms with Gasteiger partial charge in [0, 0.05) is 31.6 Å². The van der Waals surface area contributed by atoms with Crippen molar-refractivity contribution in [1.82, 2.24) is 15.3 Å². The van der Waals surface area contributed by atoms with Crippen LogP contribution >= 0.6 is 0 Å². The van der Waals surface area contributed by atoms with E-state index in [0.29, 0.717) is 37.2 Å². The number of nitrogens with zero attached hydrogens (tertiary/aromatic N) is 3. The summed E-state index contributed by atoms with van der Waals surface area (Å²) in [6.45, 7) is 6.42. The Bertz CT molecular complexity index is 564. The Morgan fingerprint density at radius 2 is 2.08 bits per heavy atom. The lowest BCUT2D eigenvalue weighted by molar-refractivity contribution is -0.0208. The Morgan fingerprint density at radius 1 is 1.25 bits per heavy atom. The molecule has 6 nitrogen and oxygen atoms in total. The fourth-order valence-electron chi connectivity index (χ4n) is 4.13. The van der Waals surface area contributed by atoms with E-state index in [9.17, 15) is 4.39 Å². The van der Waals surface area contributed by atoms with Crippen molar-refractivity contribution in [3.05, 3.63) is 17.7 Å². The van der Waals surface area contributed by atoms with Crippen molar-refractivity contribution >= 4 is 5.95 Å². The Kier molecular flexibility index (Phi) is 4.65. The van der Waals surface area contributed by atoms with Crippen LogP contribution in [-0.2, 0) is 15.9 Å². The summed E-state index contributed by atoms with van der Waals surface area (Å²) in [7, 11) is 0. The van der Waals surface area contributed by atoms with E-state index >= 15 is 0 Å². The SMILES string of the molecule is Fc1cnc(N2CCOCC2)nc1CC1CC2(CNCCOC2)C1. The molecular weight excluding hydrogens is 311 g/mol. The van der Waals surface area contributed by atoms with E-state index in [2.05, 4.69) is 20.2 Å². The van der Waals surface area contributed by atoms with Crippen LogP contribution in [0.5, 0.6) is 0 Å². The minimum atomic E-state index is -0.289. The maximum Gasteiger partial charge on any atom is 0.225 e. The van der Waals surface area contributed by atoms with Gasteiger partial charge < -0.3 is 19.7 Å². The smallest absolute Gasteiger partial charge is 0.225 e. The molecule has 1 N–H and O–H groups in total. The van der Waals surface area contributed by atoms with E-state index in [1.165, 1.54) is 6.20 Å². The van der Waals surface area contributed by atoms with E-state index in [0.717, 1.165) is 52.2 Å². The third-order valence-electron chi connectivity index (χ3n) is 5.35. The molecule has 1 saturated carbocycles. The van der Waals surface area contributed by atoms with Crippen molar-refractivity contribution in [1.29, 1.82) is 0 Å². The number of aromatic nitrogens is 2. The third kappa shape index (κ3) is 3.38. The second kappa shape index (κ2) is 6.90. The first-order valence-corrected chi connectivity index (χ1v) is 8.87. The number of hydrogen-bond donors (Lipinski definition) is 1. The standard InChI is InChI=1S/C17H25FN4O2/c18-14-10-20-16(22-2-5-23-6-3-22)21-15(14)7-13-8-17(9-13)11-19-1-4-24-12-17/h10,13,19H,1-9,11-12H2. The first-order valence-electron chi connectivity index (χ1n) is 8.87. The van der Waals surface area contributed by atoms with Crippen LogP contribution in [0.15, 0.2) is 6.20 Å². The lowest BCUT2D eigenvalue weighted by Crippen LogP contribution is -2.47. The molecule has 4 rings (SSSR count). The largest absolute Gasteiger partial charge is 0.380 e. The summed E-state index contributed by atoms with van der Waals surface area (Å²) < 4.78 is 25.2. The summed E-state index contributed by atoms with van der Waals surface area (Å²) in [5.41, 5.74) is 0.798. The molecule has 7 heteroatoms. The van der Waals surface area contributed by atoms with Gasteiger partial charge in [0.1, 0.15) is 0 Å². The second-order valence-corrected chi connectivity index (χ2v) is 7.27. The highest BCUT2D eigenvalue weighted by atomic mass is 19.1. The van der Waals surface area contributed by atoms with Crippen LogP contribution in [0.2, 0.25) is 0 Å². The van der Waals surface area contributed by atoms with E-state index in [-0.39, 0.29) is 11.2 Å². The second-order valence-electron chi connectivity index (χ2n) is 7.27. The summed E-state index contributed by atoms with van der Waals surface area (Å²) in [4.78, 5) is 10.7. The number of morpholine rings is 1. The summed E-state index contributed by atoms with van der Waals surface area (Å²) in [5.74, 6) is 0.821. The molecule has 0 bridgehead atoms. The van der Waals surface area contributed by atoms with Gasteiger partial charge in [0.15, 0.2) is 5.82 Å². The topological polar surface area (TPSA) is 59.5 Å². The van der Waals surface area contributed by atoms with Crippen LogP contribution in [0.1, 0.15) is 18.5 Å². The number of hydrogen-bond acceptors (Lipinski definition) is 6. The van der Waals surface area contributed by atoms with Crippen LogP contribution in [-0.4, -0.2) is 62.6 Å². The van der Waals surface area contributed by atoms with Gasteiger partial charge in [-0.15, -0.1) is 0 Å². The molecule has 0 amide bonds. The fourth-order valence-corrected chi connectivity index (χ4v) is 4.13. The minimum Gasteiger partial charge on any atom is -0.380 e. The van der Waals surface area contributed by atoms with Crippen molar-refractivity contribution < 1.29 is 13.9 Å². The van der Waals surface area contributed by atoms with E-state index in [4.69, 9.17) is 9.47 Å². The number of anilines is 1. The molecular formula is C17H25FN4O2. The van der Waals surface area contributed by atoms with Gasteiger partial charge in [-0.05, 0) is 25.2 Å².